The van der Waals surface area contributed by atoms with Crippen molar-refractivity contribution in [2.24, 2.45) is 0 Å². The molecule has 0 aliphatic heterocycles. The Morgan fingerprint density at radius 1 is 1.67 bits per heavy atom. The van der Waals surface area contributed by atoms with Crippen LogP contribution >= 0.6 is 0 Å². The number of carbonyl (C=O) groups excluding carboxylic acids is 1. The third kappa shape index (κ3) is 5.10. The molecule has 0 saturated heterocycles. The quantitative estimate of drug-likeness (QED) is 0.412. The second-order valence-electron chi connectivity index (χ2n) is 1.95. The average Bonchev–Trinajstić information content (AvgIpc) is 1.89. The first-order chi connectivity index (χ1) is 4.31. The predicted molar refractivity (Wildman–Crippen MR) is 38.0 cm³/mol. The van der Waals surface area contributed by atoms with Gasteiger partial charge in [0.15, 0.2) is 0 Å². The minimum atomic E-state index is 0.310. The van der Waals surface area contributed by atoms with Gasteiger partial charge in [-0.1, -0.05) is 6.92 Å². The molecule has 0 rings (SSSR count). The van der Waals surface area contributed by atoms with E-state index in [0.717, 1.165) is 12.8 Å². The van der Waals surface area contributed by atoms with Crippen molar-refractivity contribution in [1.82, 2.24) is 0 Å². The smallest absolute Gasteiger partial charge is 0.132 e. The second kappa shape index (κ2) is 5.37. The van der Waals surface area contributed by atoms with Crippen LogP contribution in [0.15, 0.2) is 0 Å². The first kappa shape index (κ1) is 8.23. The Kier molecular flexibility index (Phi) is 4.91. The van der Waals surface area contributed by atoms with Crippen molar-refractivity contribution in [3.8, 4) is 12.3 Å². The number of hydrogen-bond donors (Lipinski definition) is 0. The van der Waals surface area contributed by atoms with Gasteiger partial charge in [0, 0.05) is 19.3 Å². The van der Waals surface area contributed by atoms with E-state index in [1.807, 2.05) is 6.92 Å². The van der Waals surface area contributed by atoms with Crippen LogP contribution in [0.5, 0.6) is 0 Å². The van der Waals surface area contributed by atoms with Crippen LogP contribution in [-0.4, -0.2) is 5.78 Å². The van der Waals surface area contributed by atoms with Crippen molar-refractivity contribution < 1.29 is 4.79 Å². The van der Waals surface area contributed by atoms with E-state index in [-0.39, 0.29) is 0 Å². The summed E-state index contributed by atoms with van der Waals surface area (Å²) in [7, 11) is 0. The maximum Gasteiger partial charge on any atom is 0.132 e. The zero-order valence-electron chi connectivity index (χ0n) is 5.81. The number of terminal acetylenes is 1. The zero-order valence-corrected chi connectivity index (χ0v) is 5.81. The lowest BCUT2D eigenvalue weighted by Crippen LogP contribution is -1.93. The fourth-order valence-corrected chi connectivity index (χ4v) is 0.564. The molecule has 0 aromatic rings. The highest BCUT2D eigenvalue weighted by molar-refractivity contribution is 5.77. The van der Waals surface area contributed by atoms with Gasteiger partial charge in [0.2, 0.25) is 0 Å². The molecule has 0 heterocycles. The molecule has 0 unspecified atom stereocenters. The molecule has 0 aromatic heterocycles. The summed E-state index contributed by atoms with van der Waals surface area (Å²) in [6.07, 6.45) is 7.87. The van der Waals surface area contributed by atoms with Crippen LogP contribution in [0.4, 0.5) is 0 Å². The number of carbonyl (C=O) groups is 1. The van der Waals surface area contributed by atoms with Crippen molar-refractivity contribution in [2.45, 2.75) is 32.6 Å². The van der Waals surface area contributed by atoms with E-state index in [4.69, 9.17) is 6.42 Å². The van der Waals surface area contributed by atoms with Crippen LogP contribution in [0.3, 0.4) is 0 Å². The number of hydrogen-bond acceptors (Lipinski definition) is 1. The highest BCUT2D eigenvalue weighted by Gasteiger charge is 1.94. The lowest BCUT2D eigenvalue weighted by Gasteiger charge is -1.91. The maximum absolute atomic E-state index is 10.6. The van der Waals surface area contributed by atoms with Crippen LogP contribution in [0.25, 0.3) is 0 Å². The SMILES string of the molecule is C#CCCCC(=O)CC. The Morgan fingerprint density at radius 3 is 2.78 bits per heavy atom. The molecule has 0 aliphatic rings. The van der Waals surface area contributed by atoms with Gasteiger partial charge in [-0.15, -0.1) is 12.3 Å². The molecular formula is C8H12O. The summed E-state index contributed by atoms with van der Waals surface area (Å²) in [6, 6.07) is 0. The summed E-state index contributed by atoms with van der Waals surface area (Å²) >= 11 is 0. The summed E-state index contributed by atoms with van der Waals surface area (Å²) in [5.74, 6) is 2.81. The van der Waals surface area contributed by atoms with Crippen molar-refractivity contribution in [1.29, 1.82) is 0 Å². The average molecular weight is 124 g/mol. The van der Waals surface area contributed by atoms with Gasteiger partial charge in [0.25, 0.3) is 0 Å². The number of Topliss-reactive ketones (excluding diaryl/α,β-unsaturated/α-hetero) is 1. The molecule has 0 saturated carbocycles. The summed E-state index contributed by atoms with van der Waals surface area (Å²) in [5.41, 5.74) is 0. The van der Waals surface area contributed by atoms with Gasteiger partial charge < -0.3 is 0 Å². The van der Waals surface area contributed by atoms with E-state index in [2.05, 4.69) is 5.92 Å². The normalized spacial score (nSPS) is 8.44. The Morgan fingerprint density at radius 2 is 2.33 bits per heavy atom. The molecule has 0 aliphatic carbocycles. The van der Waals surface area contributed by atoms with Crippen molar-refractivity contribution in [3.63, 3.8) is 0 Å². The minimum absolute atomic E-state index is 0.310. The molecule has 9 heavy (non-hydrogen) atoms. The van der Waals surface area contributed by atoms with Gasteiger partial charge in [0.1, 0.15) is 5.78 Å². The zero-order chi connectivity index (χ0) is 7.11. The number of unbranched alkanes of at least 4 members (excludes halogenated alkanes) is 1. The predicted octanol–water partition coefficient (Wildman–Crippen LogP) is 1.77. The van der Waals surface area contributed by atoms with E-state index >= 15 is 0 Å². The molecular weight excluding hydrogens is 112 g/mol. The Hall–Kier alpha value is -0.770. The van der Waals surface area contributed by atoms with E-state index in [1.165, 1.54) is 0 Å². The van der Waals surface area contributed by atoms with Crippen molar-refractivity contribution in [2.75, 3.05) is 0 Å². The molecule has 0 fully saturated rings. The van der Waals surface area contributed by atoms with Crippen LogP contribution in [0.2, 0.25) is 0 Å². The van der Waals surface area contributed by atoms with E-state index in [0.29, 0.717) is 18.6 Å². The molecule has 0 amide bonds. The van der Waals surface area contributed by atoms with E-state index in [9.17, 15) is 4.79 Å². The summed E-state index contributed by atoms with van der Waals surface area (Å²) in [5, 5.41) is 0. The second-order valence-corrected chi connectivity index (χ2v) is 1.95. The first-order valence-electron chi connectivity index (χ1n) is 3.26. The topological polar surface area (TPSA) is 17.1 Å². The van der Waals surface area contributed by atoms with E-state index in [1.54, 1.807) is 0 Å². The van der Waals surface area contributed by atoms with E-state index < -0.39 is 0 Å². The summed E-state index contributed by atoms with van der Waals surface area (Å²) in [4.78, 5) is 10.6. The molecule has 0 radical (unpaired) electrons. The van der Waals surface area contributed by atoms with Crippen LogP contribution in [-0.2, 0) is 4.79 Å². The Balaban J connectivity index is 3.09. The molecule has 0 spiro atoms. The first-order valence-corrected chi connectivity index (χ1v) is 3.26. The van der Waals surface area contributed by atoms with Crippen molar-refractivity contribution >= 4 is 5.78 Å². The molecule has 1 heteroatoms. The van der Waals surface area contributed by atoms with Crippen LogP contribution < -0.4 is 0 Å². The largest absolute Gasteiger partial charge is 0.300 e. The van der Waals surface area contributed by atoms with Gasteiger partial charge in [-0.05, 0) is 6.42 Å². The number of ketones is 1. The fraction of sp³-hybridized carbons (Fsp3) is 0.625. The molecule has 1 nitrogen and oxygen atoms in total. The fourth-order valence-electron chi connectivity index (χ4n) is 0.564. The highest BCUT2D eigenvalue weighted by atomic mass is 16.1. The highest BCUT2D eigenvalue weighted by Crippen LogP contribution is 1.96. The number of rotatable bonds is 4. The van der Waals surface area contributed by atoms with Crippen LogP contribution in [0, 0.1) is 12.3 Å². The third-order valence-corrected chi connectivity index (χ3v) is 1.17. The van der Waals surface area contributed by atoms with Gasteiger partial charge in [-0.25, -0.2) is 0 Å². The lowest BCUT2D eigenvalue weighted by molar-refractivity contribution is -0.118. The maximum atomic E-state index is 10.6. The summed E-state index contributed by atoms with van der Waals surface area (Å²) in [6.45, 7) is 1.87. The monoisotopic (exact) mass is 124 g/mol. The molecule has 0 bridgehead atoms. The molecule has 0 N–H and O–H groups in total. The minimum Gasteiger partial charge on any atom is -0.300 e. The Bertz CT molecular complexity index is 119. The van der Waals surface area contributed by atoms with Crippen molar-refractivity contribution in [3.05, 3.63) is 0 Å². The van der Waals surface area contributed by atoms with Gasteiger partial charge >= 0.3 is 0 Å². The van der Waals surface area contributed by atoms with Gasteiger partial charge in [-0.2, -0.15) is 0 Å². The third-order valence-electron chi connectivity index (χ3n) is 1.17. The standard InChI is InChI=1S/C8H12O/c1-3-5-6-7-8(9)4-2/h1H,4-7H2,2H3. The molecule has 0 aromatic carbocycles. The van der Waals surface area contributed by atoms with Gasteiger partial charge in [-0.3, -0.25) is 4.79 Å². The molecule has 50 valence electrons. The van der Waals surface area contributed by atoms with Crippen LogP contribution in [0.1, 0.15) is 32.6 Å². The lowest BCUT2D eigenvalue weighted by atomic mass is 10.1. The Labute approximate surface area is 56.5 Å². The van der Waals surface area contributed by atoms with Gasteiger partial charge in [0.05, 0.1) is 0 Å². The molecule has 0 atom stereocenters. The summed E-state index contributed by atoms with van der Waals surface area (Å²) < 4.78 is 0.